The summed E-state index contributed by atoms with van der Waals surface area (Å²) in [4.78, 5) is 26.5. The molecule has 3 rings (SSSR count). The van der Waals surface area contributed by atoms with E-state index in [0.717, 1.165) is 6.42 Å². The molecule has 0 saturated carbocycles. The number of para-hydroxylation sites is 1. The molecular formula is C17H17NO4. The van der Waals surface area contributed by atoms with E-state index in [2.05, 4.69) is 0 Å². The van der Waals surface area contributed by atoms with Crippen molar-refractivity contribution in [3.05, 3.63) is 54.0 Å². The van der Waals surface area contributed by atoms with Gasteiger partial charge < -0.3 is 14.4 Å². The first-order valence-electron chi connectivity index (χ1n) is 7.28. The van der Waals surface area contributed by atoms with E-state index in [1.54, 1.807) is 29.2 Å². The number of amides is 1. The van der Waals surface area contributed by atoms with Crippen molar-refractivity contribution in [2.24, 2.45) is 0 Å². The zero-order valence-electron chi connectivity index (χ0n) is 12.3. The summed E-state index contributed by atoms with van der Waals surface area (Å²) in [5, 5.41) is 10.9. The molecule has 0 saturated heterocycles. The van der Waals surface area contributed by atoms with Crippen molar-refractivity contribution >= 4 is 17.4 Å². The number of hydrogen-bond acceptors (Lipinski definition) is 4. The van der Waals surface area contributed by atoms with Crippen LogP contribution >= 0.6 is 0 Å². The average molecular weight is 299 g/mol. The van der Waals surface area contributed by atoms with Crippen molar-refractivity contribution in [2.45, 2.75) is 25.4 Å². The highest BCUT2D eigenvalue weighted by atomic mass is 16.3. The van der Waals surface area contributed by atoms with Crippen molar-refractivity contribution in [3.8, 4) is 0 Å². The van der Waals surface area contributed by atoms with E-state index in [1.807, 2.05) is 13.0 Å². The number of benzene rings is 1. The Balaban J connectivity index is 1.98. The number of aliphatic hydroxyl groups is 1. The van der Waals surface area contributed by atoms with Crippen molar-refractivity contribution < 1.29 is 19.1 Å². The van der Waals surface area contributed by atoms with E-state index in [0.29, 0.717) is 17.8 Å². The fraction of sp³-hybridized carbons (Fsp3) is 0.294. The highest BCUT2D eigenvalue weighted by Crippen LogP contribution is 2.42. The zero-order chi connectivity index (χ0) is 15.7. The van der Waals surface area contributed by atoms with Crippen LogP contribution in [0.25, 0.3) is 0 Å². The molecule has 114 valence electrons. The number of Topliss-reactive ketones (excluding diaryl/α,β-unsaturated/α-hetero) is 1. The first-order valence-corrected chi connectivity index (χ1v) is 7.28. The largest absolute Gasteiger partial charge is 0.461 e. The minimum absolute atomic E-state index is 0.146. The fourth-order valence-electron chi connectivity index (χ4n) is 2.88. The highest BCUT2D eigenvalue weighted by Gasteiger charge is 2.50. The molecule has 22 heavy (non-hydrogen) atoms. The Labute approximate surface area is 128 Å². The molecule has 1 aromatic heterocycles. The summed E-state index contributed by atoms with van der Waals surface area (Å²) >= 11 is 0. The van der Waals surface area contributed by atoms with Crippen LogP contribution in [0, 0.1) is 0 Å². The molecule has 1 atom stereocenters. The quantitative estimate of drug-likeness (QED) is 0.861. The second-order valence-electron chi connectivity index (χ2n) is 5.41. The molecule has 1 aromatic carbocycles. The molecular weight excluding hydrogens is 282 g/mol. The summed E-state index contributed by atoms with van der Waals surface area (Å²) in [7, 11) is 0. The van der Waals surface area contributed by atoms with E-state index >= 15 is 0 Å². The van der Waals surface area contributed by atoms with Gasteiger partial charge >= 0.3 is 0 Å². The maximum atomic E-state index is 12.7. The first kappa shape index (κ1) is 14.5. The molecule has 0 unspecified atom stereocenters. The lowest BCUT2D eigenvalue weighted by Crippen LogP contribution is -2.42. The lowest BCUT2D eigenvalue weighted by atomic mass is 9.89. The third-order valence-electron chi connectivity index (χ3n) is 3.90. The maximum Gasteiger partial charge on any atom is 0.264 e. The monoisotopic (exact) mass is 299 g/mol. The Morgan fingerprint density at radius 2 is 2.05 bits per heavy atom. The number of rotatable bonds is 5. The van der Waals surface area contributed by atoms with Crippen LogP contribution in [0.5, 0.6) is 0 Å². The zero-order valence-corrected chi connectivity index (χ0v) is 12.3. The number of nitrogens with zero attached hydrogens (tertiary/aromatic N) is 1. The van der Waals surface area contributed by atoms with Crippen LogP contribution in [0.2, 0.25) is 0 Å². The van der Waals surface area contributed by atoms with Crippen LogP contribution in [0.1, 0.15) is 35.9 Å². The lowest BCUT2D eigenvalue weighted by molar-refractivity contribution is -0.135. The standard InChI is InChI=1S/C17H17NO4/c1-2-9-18-13-7-4-3-6-12(13)17(21,16(18)20)11-14(19)15-8-5-10-22-15/h3-8,10,21H,2,9,11H2,1H3/t17-/m1/s1. The minimum Gasteiger partial charge on any atom is -0.461 e. The van der Waals surface area contributed by atoms with E-state index < -0.39 is 17.3 Å². The van der Waals surface area contributed by atoms with Gasteiger partial charge in [-0.15, -0.1) is 0 Å². The van der Waals surface area contributed by atoms with Crippen molar-refractivity contribution in [2.75, 3.05) is 11.4 Å². The molecule has 5 nitrogen and oxygen atoms in total. The molecule has 2 aromatic rings. The third kappa shape index (κ3) is 2.14. The topological polar surface area (TPSA) is 70.8 Å². The molecule has 0 radical (unpaired) electrons. The van der Waals surface area contributed by atoms with E-state index in [4.69, 9.17) is 4.42 Å². The predicted octanol–water partition coefficient (Wildman–Crippen LogP) is 2.50. The van der Waals surface area contributed by atoms with Gasteiger partial charge in [0.05, 0.1) is 18.4 Å². The van der Waals surface area contributed by atoms with Crippen LogP contribution < -0.4 is 4.90 Å². The third-order valence-corrected chi connectivity index (χ3v) is 3.90. The highest BCUT2D eigenvalue weighted by molar-refractivity contribution is 6.10. The van der Waals surface area contributed by atoms with Gasteiger partial charge in [0.2, 0.25) is 5.78 Å². The fourth-order valence-corrected chi connectivity index (χ4v) is 2.88. The molecule has 0 aliphatic carbocycles. The number of hydrogen-bond donors (Lipinski definition) is 1. The van der Waals surface area contributed by atoms with Crippen LogP contribution in [-0.4, -0.2) is 23.3 Å². The van der Waals surface area contributed by atoms with Gasteiger partial charge in [-0.1, -0.05) is 25.1 Å². The average Bonchev–Trinajstić information content (AvgIpc) is 3.11. The molecule has 1 amide bonds. The molecule has 1 aliphatic heterocycles. The van der Waals surface area contributed by atoms with Gasteiger partial charge in [-0.3, -0.25) is 9.59 Å². The minimum atomic E-state index is -1.82. The molecule has 1 N–H and O–H groups in total. The SMILES string of the molecule is CCCN1C(=O)[C@@](O)(CC(=O)c2ccco2)c2ccccc21. The Bertz CT molecular complexity index is 707. The Kier molecular flexibility index (Phi) is 3.58. The van der Waals surface area contributed by atoms with Crippen molar-refractivity contribution in [3.63, 3.8) is 0 Å². The van der Waals surface area contributed by atoms with Gasteiger partial charge in [-0.25, -0.2) is 0 Å². The first-order chi connectivity index (χ1) is 10.6. The normalized spacial score (nSPS) is 20.3. The maximum absolute atomic E-state index is 12.7. The van der Waals surface area contributed by atoms with Gasteiger partial charge in [-0.2, -0.15) is 0 Å². The molecule has 0 fully saturated rings. The molecule has 5 heteroatoms. The van der Waals surface area contributed by atoms with Gasteiger partial charge in [0.1, 0.15) is 0 Å². The summed E-state index contributed by atoms with van der Waals surface area (Å²) in [6, 6.07) is 10.2. The Hall–Kier alpha value is -2.40. The lowest BCUT2D eigenvalue weighted by Gasteiger charge is -2.22. The van der Waals surface area contributed by atoms with Gasteiger partial charge in [0.25, 0.3) is 5.91 Å². The van der Waals surface area contributed by atoms with Crippen molar-refractivity contribution in [1.29, 1.82) is 0 Å². The van der Waals surface area contributed by atoms with Crippen LogP contribution in [0.4, 0.5) is 5.69 Å². The number of carbonyl (C=O) groups is 2. The van der Waals surface area contributed by atoms with Crippen molar-refractivity contribution in [1.82, 2.24) is 0 Å². The van der Waals surface area contributed by atoms with Gasteiger partial charge in [0, 0.05) is 12.1 Å². The van der Waals surface area contributed by atoms with Gasteiger partial charge in [-0.05, 0) is 24.6 Å². The molecule has 0 spiro atoms. The Morgan fingerprint density at radius 3 is 2.73 bits per heavy atom. The van der Waals surface area contributed by atoms with E-state index in [-0.39, 0.29) is 12.2 Å². The summed E-state index contributed by atoms with van der Waals surface area (Å²) in [5.74, 6) is -0.697. The molecule has 1 aliphatic rings. The second-order valence-corrected chi connectivity index (χ2v) is 5.41. The predicted molar refractivity (Wildman–Crippen MR) is 80.6 cm³/mol. The number of furan rings is 1. The number of ketones is 1. The number of carbonyl (C=O) groups excluding carboxylic acids is 2. The van der Waals surface area contributed by atoms with Crippen LogP contribution in [0.15, 0.2) is 47.1 Å². The Morgan fingerprint density at radius 1 is 1.27 bits per heavy atom. The van der Waals surface area contributed by atoms with Crippen LogP contribution in [0.3, 0.4) is 0 Å². The van der Waals surface area contributed by atoms with Gasteiger partial charge in [0.15, 0.2) is 11.4 Å². The smallest absolute Gasteiger partial charge is 0.264 e. The number of fused-ring (bicyclic) bond motifs is 1. The number of anilines is 1. The summed E-state index contributed by atoms with van der Waals surface area (Å²) in [6.07, 6.45) is 1.84. The molecule has 0 bridgehead atoms. The summed E-state index contributed by atoms with van der Waals surface area (Å²) in [6.45, 7) is 2.47. The summed E-state index contributed by atoms with van der Waals surface area (Å²) < 4.78 is 5.06. The van der Waals surface area contributed by atoms with E-state index in [9.17, 15) is 14.7 Å². The second kappa shape index (κ2) is 5.42. The molecule has 2 heterocycles. The van der Waals surface area contributed by atoms with Crippen LogP contribution in [-0.2, 0) is 10.4 Å². The van der Waals surface area contributed by atoms with E-state index in [1.165, 1.54) is 12.3 Å². The summed E-state index contributed by atoms with van der Waals surface area (Å²) in [5.41, 5.74) is -0.673.